The molecule has 100 valence electrons. The predicted octanol–water partition coefficient (Wildman–Crippen LogP) is 2.38. The molecule has 0 unspecified atom stereocenters. The molecule has 0 fully saturated rings. The van der Waals surface area contributed by atoms with Crippen LogP contribution >= 0.6 is 11.3 Å². The Hall–Kier alpha value is -1.23. The molecule has 0 spiro atoms. The Bertz CT molecular complexity index is 581. The van der Waals surface area contributed by atoms with Crippen LogP contribution in [0.5, 0.6) is 0 Å². The summed E-state index contributed by atoms with van der Waals surface area (Å²) in [7, 11) is 0. The van der Waals surface area contributed by atoms with E-state index in [1.54, 1.807) is 11.3 Å². The number of rotatable bonds is 4. The molecule has 0 bridgehead atoms. The van der Waals surface area contributed by atoms with Gasteiger partial charge in [0.15, 0.2) is 0 Å². The van der Waals surface area contributed by atoms with Gasteiger partial charge in [0.25, 0.3) is 0 Å². The third kappa shape index (κ3) is 2.31. The minimum atomic E-state index is -0.295. The van der Waals surface area contributed by atoms with E-state index in [2.05, 4.69) is 33.9 Å². The Labute approximate surface area is 117 Å². The lowest BCUT2D eigenvalue weighted by Gasteiger charge is -2.29. The van der Waals surface area contributed by atoms with Gasteiger partial charge < -0.3 is 5.11 Å². The van der Waals surface area contributed by atoms with Crippen molar-refractivity contribution in [2.24, 2.45) is 0 Å². The topological polar surface area (TPSA) is 45.1 Å². The number of aryl methyl sites for hydroxylation is 2. The molecule has 0 saturated carbocycles. The SMILES string of the molecule is Cc1csc(CN[C@]2(CO)CCc3ccccc32)n1. The molecule has 19 heavy (non-hydrogen) atoms. The van der Waals surface area contributed by atoms with Crippen molar-refractivity contribution in [2.45, 2.75) is 31.8 Å². The van der Waals surface area contributed by atoms with Gasteiger partial charge in [0.05, 0.1) is 12.1 Å². The zero-order chi connectivity index (χ0) is 13.3. The number of aliphatic hydroxyl groups is 1. The molecule has 1 heterocycles. The number of nitrogens with one attached hydrogen (secondary N) is 1. The van der Waals surface area contributed by atoms with Gasteiger partial charge in [-0.1, -0.05) is 24.3 Å². The Morgan fingerprint density at radius 2 is 2.26 bits per heavy atom. The van der Waals surface area contributed by atoms with Crippen LogP contribution in [0.15, 0.2) is 29.6 Å². The van der Waals surface area contributed by atoms with Crippen LogP contribution in [0.1, 0.15) is 28.2 Å². The summed E-state index contributed by atoms with van der Waals surface area (Å²) in [5, 5.41) is 16.5. The molecule has 2 aromatic rings. The van der Waals surface area contributed by atoms with Crippen molar-refractivity contribution >= 4 is 11.3 Å². The molecule has 0 aliphatic heterocycles. The summed E-state index contributed by atoms with van der Waals surface area (Å²) >= 11 is 1.67. The van der Waals surface area contributed by atoms with Gasteiger partial charge in [0.1, 0.15) is 5.01 Å². The van der Waals surface area contributed by atoms with Crippen LogP contribution in [-0.2, 0) is 18.5 Å². The van der Waals surface area contributed by atoms with Gasteiger partial charge in [-0.15, -0.1) is 11.3 Å². The van der Waals surface area contributed by atoms with Crippen molar-refractivity contribution in [3.63, 3.8) is 0 Å². The molecule has 0 saturated heterocycles. The summed E-state index contributed by atoms with van der Waals surface area (Å²) in [4.78, 5) is 4.47. The summed E-state index contributed by atoms with van der Waals surface area (Å²) in [6.07, 6.45) is 1.98. The molecule has 1 aromatic heterocycles. The molecule has 1 aliphatic rings. The van der Waals surface area contributed by atoms with Crippen molar-refractivity contribution in [1.29, 1.82) is 0 Å². The molecule has 2 N–H and O–H groups in total. The number of hydrogen-bond acceptors (Lipinski definition) is 4. The van der Waals surface area contributed by atoms with Crippen molar-refractivity contribution in [3.8, 4) is 0 Å². The normalized spacial score (nSPS) is 21.6. The maximum Gasteiger partial charge on any atom is 0.107 e. The second kappa shape index (κ2) is 5.04. The van der Waals surface area contributed by atoms with Crippen LogP contribution < -0.4 is 5.32 Å². The van der Waals surface area contributed by atoms with Crippen molar-refractivity contribution in [1.82, 2.24) is 10.3 Å². The summed E-state index contributed by atoms with van der Waals surface area (Å²) in [6, 6.07) is 8.39. The second-order valence-corrected chi connectivity index (χ2v) is 6.08. The minimum Gasteiger partial charge on any atom is -0.394 e. The maximum atomic E-state index is 9.87. The van der Waals surface area contributed by atoms with E-state index in [-0.39, 0.29) is 12.1 Å². The molecule has 0 radical (unpaired) electrons. The number of fused-ring (bicyclic) bond motifs is 1. The number of aliphatic hydroxyl groups excluding tert-OH is 1. The monoisotopic (exact) mass is 274 g/mol. The van der Waals surface area contributed by atoms with Crippen molar-refractivity contribution in [2.75, 3.05) is 6.61 Å². The Kier molecular flexibility index (Phi) is 3.39. The molecule has 1 aromatic carbocycles. The molecule has 3 rings (SSSR count). The van der Waals surface area contributed by atoms with Crippen molar-refractivity contribution in [3.05, 3.63) is 51.5 Å². The van der Waals surface area contributed by atoms with E-state index < -0.39 is 0 Å². The molecule has 0 amide bonds. The molecule has 1 atom stereocenters. The second-order valence-electron chi connectivity index (χ2n) is 5.13. The van der Waals surface area contributed by atoms with Gasteiger partial charge in [0.2, 0.25) is 0 Å². The lowest BCUT2D eigenvalue weighted by molar-refractivity contribution is 0.159. The maximum absolute atomic E-state index is 9.87. The van der Waals surface area contributed by atoms with Gasteiger partial charge in [-0.25, -0.2) is 4.98 Å². The average molecular weight is 274 g/mol. The van der Waals surface area contributed by atoms with Gasteiger partial charge in [-0.05, 0) is 30.9 Å². The lowest BCUT2D eigenvalue weighted by atomic mass is 9.93. The van der Waals surface area contributed by atoms with Crippen LogP contribution in [0.25, 0.3) is 0 Å². The number of benzene rings is 1. The van der Waals surface area contributed by atoms with Gasteiger partial charge in [-0.2, -0.15) is 0 Å². The Balaban J connectivity index is 1.81. The Morgan fingerprint density at radius 3 is 3.00 bits per heavy atom. The summed E-state index contributed by atoms with van der Waals surface area (Å²) in [6.45, 7) is 2.86. The third-order valence-corrected chi connectivity index (χ3v) is 4.84. The van der Waals surface area contributed by atoms with Crippen LogP contribution in [0.4, 0.5) is 0 Å². The third-order valence-electron chi connectivity index (χ3n) is 3.87. The summed E-state index contributed by atoms with van der Waals surface area (Å²) in [5.74, 6) is 0. The highest BCUT2D eigenvalue weighted by molar-refractivity contribution is 7.09. The highest BCUT2D eigenvalue weighted by Crippen LogP contribution is 2.36. The molecular weight excluding hydrogens is 256 g/mol. The van der Waals surface area contributed by atoms with E-state index in [1.165, 1.54) is 11.1 Å². The van der Waals surface area contributed by atoms with E-state index in [1.807, 2.05) is 13.0 Å². The smallest absolute Gasteiger partial charge is 0.107 e. The van der Waals surface area contributed by atoms with E-state index in [0.29, 0.717) is 6.54 Å². The summed E-state index contributed by atoms with van der Waals surface area (Å²) < 4.78 is 0. The molecular formula is C15H18N2OS. The number of thiazole rings is 1. The van der Waals surface area contributed by atoms with Gasteiger partial charge in [0, 0.05) is 17.6 Å². The molecule has 4 heteroatoms. The fourth-order valence-corrected chi connectivity index (χ4v) is 3.53. The zero-order valence-electron chi connectivity index (χ0n) is 11.0. The van der Waals surface area contributed by atoms with Crippen molar-refractivity contribution < 1.29 is 5.11 Å². The van der Waals surface area contributed by atoms with Crippen LogP contribution in [0, 0.1) is 6.92 Å². The lowest BCUT2D eigenvalue weighted by Crippen LogP contribution is -2.43. The van der Waals surface area contributed by atoms with E-state index in [9.17, 15) is 5.11 Å². The molecule has 1 aliphatic carbocycles. The summed E-state index contributed by atoms with van der Waals surface area (Å²) in [5.41, 5.74) is 3.35. The van der Waals surface area contributed by atoms with Gasteiger partial charge >= 0.3 is 0 Å². The Morgan fingerprint density at radius 1 is 1.42 bits per heavy atom. The number of aromatic nitrogens is 1. The van der Waals surface area contributed by atoms with Crippen LogP contribution in [-0.4, -0.2) is 16.7 Å². The van der Waals surface area contributed by atoms with Crippen LogP contribution in [0.3, 0.4) is 0 Å². The number of nitrogens with zero attached hydrogens (tertiary/aromatic N) is 1. The van der Waals surface area contributed by atoms with E-state index >= 15 is 0 Å². The zero-order valence-corrected chi connectivity index (χ0v) is 11.8. The van der Waals surface area contributed by atoms with Crippen LogP contribution in [0.2, 0.25) is 0 Å². The molecule has 3 nitrogen and oxygen atoms in total. The highest BCUT2D eigenvalue weighted by atomic mass is 32.1. The van der Waals surface area contributed by atoms with E-state index in [0.717, 1.165) is 23.5 Å². The van der Waals surface area contributed by atoms with Gasteiger partial charge in [-0.3, -0.25) is 5.32 Å². The first kappa shape index (κ1) is 12.8. The fraction of sp³-hybridized carbons (Fsp3) is 0.400. The predicted molar refractivity (Wildman–Crippen MR) is 77.2 cm³/mol. The average Bonchev–Trinajstić information content (AvgIpc) is 3.01. The first-order valence-electron chi connectivity index (χ1n) is 6.59. The standard InChI is InChI=1S/C15H18N2OS/c1-11-9-19-14(17-11)8-16-15(10-18)7-6-12-4-2-3-5-13(12)15/h2-5,9,16,18H,6-8,10H2,1H3/t15-/m0/s1. The quantitative estimate of drug-likeness (QED) is 0.899. The first-order valence-corrected chi connectivity index (χ1v) is 7.47. The first-order chi connectivity index (χ1) is 9.23. The highest BCUT2D eigenvalue weighted by Gasteiger charge is 2.37. The minimum absolute atomic E-state index is 0.133. The van der Waals surface area contributed by atoms with E-state index in [4.69, 9.17) is 0 Å². The largest absolute Gasteiger partial charge is 0.394 e. The fourth-order valence-electron chi connectivity index (χ4n) is 2.82. The number of hydrogen-bond donors (Lipinski definition) is 2.